The molecule has 0 aromatic heterocycles. The van der Waals surface area contributed by atoms with Crippen LogP contribution in [0.2, 0.25) is 0 Å². The molecule has 0 heterocycles. The lowest BCUT2D eigenvalue weighted by atomic mass is 10.1. The first-order valence-electron chi connectivity index (χ1n) is 4.83. The van der Waals surface area contributed by atoms with Gasteiger partial charge in [0.1, 0.15) is 13.5 Å². The Bertz CT molecular complexity index is 431. The van der Waals surface area contributed by atoms with E-state index < -0.39 is 22.6 Å². The van der Waals surface area contributed by atoms with Crippen molar-refractivity contribution >= 4 is 16.6 Å². The molecule has 0 radical (unpaired) electrons. The SMILES string of the molecule is C=O.CS(=O)(=O)c1ccc(C[C@H](N)CF)cc1. The summed E-state index contributed by atoms with van der Waals surface area (Å²) in [5.74, 6) is 0. The standard InChI is InChI=1S/C10H14FNO2S.CH2O/c1-15(13,14)10-4-2-8(3-5-10)6-9(12)7-11;1-2/h2-5,9H,6-7,12H2,1H3;1H2/t9-;/m0./s1. The Morgan fingerprint density at radius 2 is 1.76 bits per heavy atom. The molecule has 4 nitrogen and oxygen atoms in total. The van der Waals surface area contributed by atoms with Crippen LogP contribution in [0.5, 0.6) is 0 Å². The van der Waals surface area contributed by atoms with Gasteiger partial charge in [0, 0.05) is 12.3 Å². The minimum atomic E-state index is -3.16. The van der Waals surface area contributed by atoms with Gasteiger partial charge in [-0.1, -0.05) is 12.1 Å². The maximum atomic E-state index is 12.1. The number of rotatable bonds is 4. The summed E-state index contributed by atoms with van der Waals surface area (Å²) in [6.45, 7) is 1.42. The highest BCUT2D eigenvalue weighted by Gasteiger charge is 2.07. The molecule has 0 unspecified atom stereocenters. The fraction of sp³-hybridized carbons (Fsp3) is 0.364. The molecule has 0 saturated carbocycles. The number of carbonyl (C=O) groups excluding carboxylic acids is 1. The Balaban J connectivity index is 0.00000121. The Morgan fingerprint density at radius 3 is 2.12 bits per heavy atom. The van der Waals surface area contributed by atoms with Crippen molar-refractivity contribution in [2.75, 3.05) is 12.9 Å². The molecular weight excluding hydrogens is 245 g/mol. The molecule has 6 heteroatoms. The van der Waals surface area contributed by atoms with Crippen molar-refractivity contribution in [3.05, 3.63) is 29.8 Å². The van der Waals surface area contributed by atoms with Crippen LogP contribution in [0.3, 0.4) is 0 Å². The largest absolute Gasteiger partial charge is 0.325 e. The summed E-state index contributed by atoms with van der Waals surface area (Å²) in [5, 5.41) is 0. The van der Waals surface area contributed by atoms with Gasteiger partial charge in [-0.25, -0.2) is 12.8 Å². The zero-order chi connectivity index (χ0) is 13.5. The number of hydrogen-bond donors (Lipinski definition) is 1. The van der Waals surface area contributed by atoms with E-state index in [1.54, 1.807) is 12.1 Å². The third-order valence-electron chi connectivity index (χ3n) is 2.05. The number of alkyl halides is 1. The first kappa shape index (κ1) is 15.7. The second kappa shape index (κ2) is 7.13. The lowest BCUT2D eigenvalue weighted by Gasteiger charge is -2.07. The highest BCUT2D eigenvalue weighted by molar-refractivity contribution is 7.90. The van der Waals surface area contributed by atoms with Gasteiger partial charge in [0.25, 0.3) is 0 Å². The fourth-order valence-electron chi connectivity index (χ4n) is 1.23. The van der Waals surface area contributed by atoms with Gasteiger partial charge in [0.15, 0.2) is 9.84 Å². The van der Waals surface area contributed by atoms with Gasteiger partial charge in [-0.2, -0.15) is 0 Å². The Kier molecular flexibility index (Phi) is 6.60. The zero-order valence-electron chi connectivity index (χ0n) is 9.60. The maximum absolute atomic E-state index is 12.1. The normalized spacial score (nSPS) is 12.4. The van der Waals surface area contributed by atoms with E-state index in [1.807, 2.05) is 6.79 Å². The minimum Gasteiger partial charge on any atom is -0.325 e. The van der Waals surface area contributed by atoms with E-state index in [-0.39, 0.29) is 4.90 Å². The summed E-state index contributed by atoms with van der Waals surface area (Å²) in [7, 11) is -3.16. The molecule has 1 rings (SSSR count). The molecule has 0 fully saturated rings. The molecule has 0 aliphatic rings. The highest BCUT2D eigenvalue weighted by Crippen LogP contribution is 2.11. The first-order valence-corrected chi connectivity index (χ1v) is 6.72. The van der Waals surface area contributed by atoms with Crippen LogP contribution in [0.4, 0.5) is 4.39 Å². The zero-order valence-corrected chi connectivity index (χ0v) is 10.4. The predicted molar refractivity (Wildman–Crippen MR) is 64.3 cm³/mol. The van der Waals surface area contributed by atoms with Crippen LogP contribution in [0, 0.1) is 0 Å². The topological polar surface area (TPSA) is 77.2 Å². The van der Waals surface area contributed by atoms with E-state index in [0.717, 1.165) is 11.8 Å². The van der Waals surface area contributed by atoms with Crippen LogP contribution >= 0.6 is 0 Å². The number of carbonyl (C=O) groups is 1. The second-order valence-electron chi connectivity index (χ2n) is 3.53. The molecule has 96 valence electrons. The number of halogens is 1. The molecule has 2 N–H and O–H groups in total. The monoisotopic (exact) mass is 261 g/mol. The van der Waals surface area contributed by atoms with Crippen LogP contribution in [-0.2, 0) is 21.1 Å². The highest BCUT2D eigenvalue weighted by atomic mass is 32.2. The van der Waals surface area contributed by atoms with Gasteiger partial charge in [-0.3, -0.25) is 0 Å². The third kappa shape index (κ3) is 5.55. The average Bonchev–Trinajstić information content (AvgIpc) is 2.31. The molecule has 1 aromatic rings. The van der Waals surface area contributed by atoms with Gasteiger partial charge >= 0.3 is 0 Å². The van der Waals surface area contributed by atoms with Crippen LogP contribution in [0.25, 0.3) is 0 Å². The Morgan fingerprint density at radius 1 is 1.29 bits per heavy atom. The Labute approximate surface area is 101 Å². The Hall–Kier alpha value is -1.27. The van der Waals surface area contributed by atoms with Crippen molar-refractivity contribution in [2.24, 2.45) is 5.73 Å². The van der Waals surface area contributed by atoms with E-state index in [9.17, 15) is 12.8 Å². The van der Waals surface area contributed by atoms with E-state index >= 15 is 0 Å². The molecule has 1 aromatic carbocycles. The fourth-order valence-corrected chi connectivity index (χ4v) is 1.86. The lowest BCUT2D eigenvalue weighted by Crippen LogP contribution is -2.24. The molecule has 0 aliphatic carbocycles. The number of hydrogen-bond acceptors (Lipinski definition) is 4. The van der Waals surface area contributed by atoms with Crippen molar-refractivity contribution < 1.29 is 17.6 Å². The van der Waals surface area contributed by atoms with E-state index in [4.69, 9.17) is 10.5 Å². The predicted octanol–water partition coefficient (Wildman–Crippen LogP) is 0.745. The summed E-state index contributed by atoms with van der Waals surface area (Å²) in [5.41, 5.74) is 6.28. The quantitative estimate of drug-likeness (QED) is 0.867. The second-order valence-corrected chi connectivity index (χ2v) is 5.55. The van der Waals surface area contributed by atoms with Crippen molar-refractivity contribution in [3.8, 4) is 0 Å². The van der Waals surface area contributed by atoms with Gasteiger partial charge in [-0.05, 0) is 24.1 Å². The molecule has 0 saturated heterocycles. The van der Waals surface area contributed by atoms with Crippen molar-refractivity contribution in [2.45, 2.75) is 17.4 Å². The van der Waals surface area contributed by atoms with Crippen LogP contribution in [0.1, 0.15) is 5.56 Å². The smallest absolute Gasteiger partial charge is 0.175 e. The van der Waals surface area contributed by atoms with E-state index in [2.05, 4.69) is 0 Å². The van der Waals surface area contributed by atoms with Crippen molar-refractivity contribution in [1.29, 1.82) is 0 Å². The van der Waals surface area contributed by atoms with Crippen LogP contribution < -0.4 is 5.73 Å². The molecule has 17 heavy (non-hydrogen) atoms. The number of nitrogens with two attached hydrogens (primary N) is 1. The van der Waals surface area contributed by atoms with Gasteiger partial charge < -0.3 is 10.5 Å². The first-order chi connectivity index (χ1) is 7.93. The van der Waals surface area contributed by atoms with E-state index in [1.165, 1.54) is 12.1 Å². The molecular formula is C11H16FNO3S. The molecule has 1 atom stereocenters. The molecule has 0 aliphatic heterocycles. The van der Waals surface area contributed by atoms with Gasteiger partial charge in [0.05, 0.1) is 4.90 Å². The van der Waals surface area contributed by atoms with E-state index in [0.29, 0.717) is 6.42 Å². The molecule has 0 amide bonds. The summed E-state index contributed by atoms with van der Waals surface area (Å²) in [6.07, 6.45) is 1.57. The van der Waals surface area contributed by atoms with Gasteiger partial charge in [0.2, 0.25) is 0 Å². The number of benzene rings is 1. The average molecular weight is 261 g/mol. The summed E-state index contributed by atoms with van der Waals surface area (Å²) in [6, 6.07) is 5.82. The van der Waals surface area contributed by atoms with Crippen LogP contribution in [-0.4, -0.2) is 34.2 Å². The molecule has 0 spiro atoms. The lowest BCUT2D eigenvalue weighted by molar-refractivity contribution is -0.0979. The van der Waals surface area contributed by atoms with Crippen LogP contribution in [0.15, 0.2) is 29.2 Å². The minimum absolute atomic E-state index is 0.264. The third-order valence-corrected chi connectivity index (χ3v) is 3.18. The van der Waals surface area contributed by atoms with Crippen molar-refractivity contribution in [3.63, 3.8) is 0 Å². The number of sulfone groups is 1. The molecule has 0 bridgehead atoms. The summed E-state index contributed by atoms with van der Waals surface area (Å²) in [4.78, 5) is 8.26. The van der Waals surface area contributed by atoms with Crippen molar-refractivity contribution in [1.82, 2.24) is 0 Å². The van der Waals surface area contributed by atoms with Gasteiger partial charge in [-0.15, -0.1) is 0 Å². The maximum Gasteiger partial charge on any atom is 0.175 e. The summed E-state index contributed by atoms with van der Waals surface area (Å²) >= 11 is 0. The summed E-state index contributed by atoms with van der Waals surface area (Å²) < 4.78 is 34.4.